The van der Waals surface area contributed by atoms with Crippen LogP contribution >= 0.6 is 0 Å². The summed E-state index contributed by atoms with van der Waals surface area (Å²) in [6.07, 6.45) is 4.54. The van der Waals surface area contributed by atoms with Gasteiger partial charge in [0.25, 0.3) is 0 Å². The lowest BCUT2D eigenvalue weighted by atomic mass is 9.89. The maximum atomic E-state index is 13.4. The van der Waals surface area contributed by atoms with Gasteiger partial charge < -0.3 is 4.90 Å². The molecule has 0 unspecified atom stereocenters. The van der Waals surface area contributed by atoms with E-state index in [4.69, 9.17) is 0 Å². The summed E-state index contributed by atoms with van der Waals surface area (Å²) in [5.74, 6) is 0.466. The van der Waals surface area contributed by atoms with E-state index in [1.807, 2.05) is 41.3 Å². The molecule has 1 amide bonds. The molecule has 0 saturated carbocycles. The fraction of sp³-hybridized carbons (Fsp3) is 0.393. The number of hydrogen-bond donors (Lipinski definition) is 0. The minimum atomic E-state index is -3.63. The Balaban J connectivity index is 1.22. The van der Waals surface area contributed by atoms with Crippen molar-refractivity contribution >= 4 is 26.7 Å². The van der Waals surface area contributed by atoms with Crippen molar-refractivity contribution in [2.24, 2.45) is 11.8 Å². The number of likely N-dealkylation sites (tertiary alicyclic amines) is 1. The summed E-state index contributed by atoms with van der Waals surface area (Å²) >= 11 is 0. The Morgan fingerprint density at radius 2 is 1.53 bits per heavy atom. The zero-order valence-electron chi connectivity index (χ0n) is 19.5. The average Bonchev–Trinajstić information content (AvgIpc) is 2.89. The maximum Gasteiger partial charge on any atom is 0.243 e. The van der Waals surface area contributed by atoms with Crippen LogP contribution in [0, 0.1) is 11.8 Å². The molecule has 1 atom stereocenters. The molecule has 2 heterocycles. The van der Waals surface area contributed by atoms with Gasteiger partial charge in [-0.25, -0.2) is 8.42 Å². The lowest BCUT2D eigenvalue weighted by molar-refractivity contribution is -0.138. The van der Waals surface area contributed by atoms with Crippen LogP contribution in [0.5, 0.6) is 0 Å². The highest BCUT2D eigenvalue weighted by atomic mass is 32.2. The molecular formula is C28H32N2O3S. The third-order valence-corrected chi connectivity index (χ3v) is 9.25. The third kappa shape index (κ3) is 4.89. The second kappa shape index (κ2) is 9.88. The first-order valence-electron chi connectivity index (χ1n) is 12.3. The van der Waals surface area contributed by atoms with Gasteiger partial charge in [0, 0.05) is 26.2 Å². The monoisotopic (exact) mass is 476 g/mol. The minimum Gasteiger partial charge on any atom is -0.342 e. The Bertz CT molecular complexity index is 1250. The molecule has 0 aromatic heterocycles. The Morgan fingerprint density at radius 1 is 0.824 bits per heavy atom. The number of carbonyl (C=O) groups is 1. The van der Waals surface area contributed by atoms with E-state index < -0.39 is 10.0 Å². The highest BCUT2D eigenvalue weighted by Gasteiger charge is 2.36. The number of fused-ring (bicyclic) bond motifs is 1. The van der Waals surface area contributed by atoms with Crippen LogP contribution in [0.25, 0.3) is 10.8 Å². The highest BCUT2D eigenvalue weighted by Crippen LogP contribution is 2.29. The highest BCUT2D eigenvalue weighted by molar-refractivity contribution is 7.89. The summed E-state index contributed by atoms with van der Waals surface area (Å²) in [6.45, 7) is 2.28. The van der Waals surface area contributed by atoms with E-state index in [9.17, 15) is 13.2 Å². The van der Waals surface area contributed by atoms with Crippen LogP contribution in [0.4, 0.5) is 0 Å². The first-order valence-corrected chi connectivity index (χ1v) is 13.8. The average molecular weight is 477 g/mol. The zero-order valence-corrected chi connectivity index (χ0v) is 20.3. The Labute approximate surface area is 202 Å². The van der Waals surface area contributed by atoms with Crippen LogP contribution in [0.1, 0.15) is 31.2 Å². The van der Waals surface area contributed by atoms with Crippen LogP contribution in [0.15, 0.2) is 77.7 Å². The number of amides is 1. The fourth-order valence-corrected chi connectivity index (χ4v) is 6.96. The molecule has 3 aromatic rings. The molecule has 0 aliphatic carbocycles. The summed E-state index contributed by atoms with van der Waals surface area (Å²) < 4.78 is 28.3. The molecule has 6 heteroatoms. The largest absolute Gasteiger partial charge is 0.342 e. The standard InChI is InChI=1S/C28H32N2O3S/c31-28(29-17-14-23(15-18-29)19-22-7-2-1-3-8-22)26-11-6-16-30(21-26)34(32,33)27-13-12-24-9-4-5-10-25(24)20-27/h1-5,7-10,12-13,20,23,26H,6,11,14-19,21H2/t26-/m0/s1. The lowest BCUT2D eigenvalue weighted by Crippen LogP contribution is -2.48. The zero-order chi connectivity index (χ0) is 23.5. The molecule has 0 spiro atoms. The Morgan fingerprint density at radius 3 is 2.29 bits per heavy atom. The number of sulfonamides is 1. The first-order chi connectivity index (χ1) is 16.5. The van der Waals surface area contributed by atoms with Crippen molar-refractivity contribution in [2.45, 2.75) is 37.0 Å². The van der Waals surface area contributed by atoms with Gasteiger partial charge in [0.05, 0.1) is 10.8 Å². The number of rotatable bonds is 5. The molecule has 3 aromatic carbocycles. The molecule has 5 nitrogen and oxygen atoms in total. The predicted octanol–water partition coefficient (Wildman–Crippen LogP) is 4.72. The number of benzene rings is 3. The number of carbonyl (C=O) groups excluding carboxylic acids is 1. The molecule has 2 fully saturated rings. The van der Waals surface area contributed by atoms with Gasteiger partial charge in [0.2, 0.25) is 15.9 Å². The van der Waals surface area contributed by atoms with Crippen molar-refractivity contribution in [3.63, 3.8) is 0 Å². The quantitative estimate of drug-likeness (QED) is 0.535. The first kappa shape index (κ1) is 23.1. The summed E-state index contributed by atoms with van der Waals surface area (Å²) in [4.78, 5) is 15.6. The van der Waals surface area contributed by atoms with Crippen molar-refractivity contribution in [3.05, 3.63) is 78.4 Å². The maximum absolute atomic E-state index is 13.4. The van der Waals surface area contributed by atoms with Crippen LogP contribution in [0.2, 0.25) is 0 Å². The molecule has 2 saturated heterocycles. The van der Waals surface area contributed by atoms with E-state index in [-0.39, 0.29) is 18.4 Å². The van der Waals surface area contributed by atoms with Gasteiger partial charge in [-0.3, -0.25) is 4.79 Å². The van der Waals surface area contributed by atoms with E-state index in [0.717, 1.165) is 49.5 Å². The lowest BCUT2D eigenvalue weighted by Gasteiger charge is -2.37. The van der Waals surface area contributed by atoms with E-state index >= 15 is 0 Å². The molecule has 5 rings (SSSR count). The molecule has 2 aliphatic rings. The predicted molar refractivity (Wildman–Crippen MR) is 135 cm³/mol. The van der Waals surface area contributed by atoms with Gasteiger partial charge in [-0.2, -0.15) is 4.31 Å². The van der Waals surface area contributed by atoms with Crippen LogP contribution in [-0.4, -0.2) is 49.7 Å². The number of nitrogens with zero attached hydrogens (tertiary/aromatic N) is 2. The molecule has 0 N–H and O–H groups in total. The molecule has 0 bridgehead atoms. The molecular weight excluding hydrogens is 444 g/mol. The Kier molecular flexibility index (Phi) is 6.70. The molecule has 0 radical (unpaired) electrons. The molecule has 2 aliphatic heterocycles. The van der Waals surface area contributed by atoms with Crippen LogP contribution in [0.3, 0.4) is 0 Å². The van der Waals surface area contributed by atoms with E-state index in [1.165, 1.54) is 9.87 Å². The summed E-state index contributed by atoms with van der Waals surface area (Å²) in [5, 5.41) is 1.93. The minimum absolute atomic E-state index is 0.122. The van der Waals surface area contributed by atoms with Gasteiger partial charge in [0.1, 0.15) is 0 Å². The molecule has 178 valence electrons. The van der Waals surface area contributed by atoms with E-state index in [0.29, 0.717) is 23.8 Å². The van der Waals surface area contributed by atoms with Crippen molar-refractivity contribution in [1.29, 1.82) is 0 Å². The van der Waals surface area contributed by atoms with Gasteiger partial charge in [-0.1, -0.05) is 60.7 Å². The third-order valence-electron chi connectivity index (χ3n) is 7.39. The van der Waals surface area contributed by atoms with Crippen LogP contribution < -0.4 is 0 Å². The van der Waals surface area contributed by atoms with E-state index in [2.05, 4.69) is 24.3 Å². The van der Waals surface area contributed by atoms with Gasteiger partial charge >= 0.3 is 0 Å². The van der Waals surface area contributed by atoms with Crippen molar-refractivity contribution < 1.29 is 13.2 Å². The van der Waals surface area contributed by atoms with Gasteiger partial charge in [-0.15, -0.1) is 0 Å². The van der Waals surface area contributed by atoms with Crippen molar-refractivity contribution in [3.8, 4) is 0 Å². The summed E-state index contributed by atoms with van der Waals surface area (Å²) in [5.41, 5.74) is 1.36. The van der Waals surface area contributed by atoms with Crippen molar-refractivity contribution in [2.75, 3.05) is 26.2 Å². The smallest absolute Gasteiger partial charge is 0.243 e. The second-order valence-electron chi connectivity index (χ2n) is 9.67. The molecule has 34 heavy (non-hydrogen) atoms. The fourth-order valence-electron chi connectivity index (χ4n) is 5.40. The van der Waals surface area contributed by atoms with Gasteiger partial charge in [-0.05, 0) is 66.5 Å². The Hall–Kier alpha value is -2.70. The second-order valence-corrected chi connectivity index (χ2v) is 11.6. The summed E-state index contributed by atoms with van der Waals surface area (Å²) in [6, 6.07) is 23.6. The van der Waals surface area contributed by atoms with Crippen LogP contribution in [-0.2, 0) is 21.2 Å². The SMILES string of the molecule is O=C([C@H]1CCCN(S(=O)(=O)c2ccc3ccccc3c2)C1)N1CCC(Cc2ccccc2)CC1. The van der Waals surface area contributed by atoms with Gasteiger partial charge in [0.15, 0.2) is 0 Å². The summed E-state index contributed by atoms with van der Waals surface area (Å²) in [7, 11) is -3.63. The number of hydrogen-bond acceptors (Lipinski definition) is 3. The van der Waals surface area contributed by atoms with Crippen molar-refractivity contribution in [1.82, 2.24) is 9.21 Å². The topological polar surface area (TPSA) is 57.7 Å². The normalized spacial score (nSPS) is 20.5. The number of piperidine rings is 2. The van der Waals surface area contributed by atoms with E-state index in [1.54, 1.807) is 12.1 Å².